The van der Waals surface area contributed by atoms with Crippen LogP contribution in [0.1, 0.15) is 54.9 Å². The number of nitrogens with zero attached hydrogens (tertiary/aromatic N) is 2. The van der Waals surface area contributed by atoms with Gasteiger partial charge in [0, 0.05) is 19.2 Å². The summed E-state index contributed by atoms with van der Waals surface area (Å²) in [7, 11) is -2.88. The third-order valence-electron chi connectivity index (χ3n) is 5.95. The van der Waals surface area contributed by atoms with Crippen molar-refractivity contribution in [2.75, 3.05) is 0 Å². The molecule has 1 aromatic heterocycles. The van der Waals surface area contributed by atoms with Gasteiger partial charge >= 0.3 is 12.4 Å². The second-order valence-corrected chi connectivity index (χ2v) is 11.6. The number of benzene rings is 1. The van der Waals surface area contributed by atoms with Crippen LogP contribution in [0.15, 0.2) is 35.2 Å². The first-order valence-electron chi connectivity index (χ1n) is 10.3. The molecule has 1 heterocycles. The molecule has 34 heavy (non-hydrogen) atoms. The second kappa shape index (κ2) is 8.58. The van der Waals surface area contributed by atoms with E-state index in [-0.39, 0.29) is 24.1 Å². The van der Waals surface area contributed by atoms with E-state index >= 15 is 0 Å². The quantitative estimate of drug-likeness (QED) is 0.575. The summed E-state index contributed by atoms with van der Waals surface area (Å²) in [5.41, 5.74) is -2.50. The number of aromatic nitrogens is 2. The zero-order valence-electron chi connectivity index (χ0n) is 18.5. The molecule has 3 rings (SSSR count). The Hall–Kier alpha value is -2.57. The molecule has 1 amide bonds. The van der Waals surface area contributed by atoms with Crippen molar-refractivity contribution in [1.82, 2.24) is 15.1 Å². The van der Waals surface area contributed by atoms with Crippen molar-refractivity contribution in [1.29, 1.82) is 0 Å². The first-order valence-corrected chi connectivity index (χ1v) is 11.7. The molecule has 1 aliphatic carbocycles. The highest BCUT2D eigenvalue weighted by atomic mass is 32.2. The van der Waals surface area contributed by atoms with Crippen molar-refractivity contribution in [3.8, 4) is 0 Å². The molecule has 1 saturated carbocycles. The van der Waals surface area contributed by atoms with Crippen LogP contribution in [0, 0.1) is 5.92 Å². The van der Waals surface area contributed by atoms with E-state index in [0.29, 0.717) is 25.0 Å². The van der Waals surface area contributed by atoms with Crippen molar-refractivity contribution in [3.05, 3.63) is 47.3 Å². The molecule has 0 radical (unpaired) electrons. The van der Waals surface area contributed by atoms with Gasteiger partial charge in [0.1, 0.15) is 5.69 Å². The Labute approximate surface area is 192 Å². The number of halogens is 6. The number of alkyl halides is 6. The first-order chi connectivity index (χ1) is 15.4. The molecular formula is C21H23F6N3O3S. The normalized spacial score (nSPS) is 19.6. The molecule has 0 spiro atoms. The van der Waals surface area contributed by atoms with Crippen LogP contribution in [0.3, 0.4) is 0 Å². The number of sulfone groups is 1. The van der Waals surface area contributed by atoms with Gasteiger partial charge in [-0.1, -0.05) is 6.07 Å². The Bertz CT molecular complexity index is 1180. The number of hydrogen-bond donors (Lipinski definition) is 1. The maximum absolute atomic E-state index is 13.0. The molecular weight excluding hydrogens is 488 g/mol. The van der Waals surface area contributed by atoms with Gasteiger partial charge in [-0.3, -0.25) is 9.48 Å². The molecule has 2 aromatic rings. The fraction of sp³-hybridized carbons (Fsp3) is 0.524. The lowest BCUT2D eigenvalue weighted by atomic mass is 9.75. The summed E-state index contributed by atoms with van der Waals surface area (Å²) in [5, 5.41) is 5.90. The molecule has 0 saturated heterocycles. The number of nitrogens with one attached hydrogen (secondary N) is 1. The average Bonchev–Trinajstić information content (AvgIpc) is 3.07. The van der Waals surface area contributed by atoms with E-state index in [1.54, 1.807) is 0 Å². The van der Waals surface area contributed by atoms with Crippen LogP contribution in [0.2, 0.25) is 0 Å². The third kappa shape index (κ3) is 5.23. The van der Waals surface area contributed by atoms with Gasteiger partial charge < -0.3 is 5.32 Å². The average molecular weight is 511 g/mol. The van der Waals surface area contributed by atoms with Crippen molar-refractivity contribution in [3.63, 3.8) is 0 Å². The molecule has 188 valence electrons. The van der Waals surface area contributed by atoms with E-state index in [0.717, 1.165) is 22.9 Å². The number of rotatable bonds is 6. The van der Waals surface area contributed by atoms with E-state index in [1.807, 2.05) is 0 Å². The lowest BCUT2D eigenvalue weighted by Gasteiger charge is -2.40. The molecule has 1 fully saturated rings. The summed E-state index contributed by atoms with van der Waals surface area (Å²) in [6.45, 7) is 2.87. The maximum Gasteiger partial charge on any atom is 0.435 e. The van der Waals surface area contributed by atoms with E-state index in [4.69, 9.17) is 0 Å². The summed E-state index contributed by atoms with van der Waals surface area (Å²) in [6.07, 6.45) is -8.45. The summed E-state index contributed by atoms with van der Waals surface area (Å²) in [5.74, 6) is -0.872. The fourth-order valence-electron chi connectivity index (χ4n) is 4.06. The topological polar surface area (TPSA) is 81.1 Å². The molecule has 0 atom stereocenters. The number of carbonyl (C=O) groups excluding carboxylic acids is 1. The minimum Gasteiger partial charge on any atom is -0.348 e. The number of carbonyl (C=O) groups is 1. The van der Waals surface area contributed by atoms with Crippen LogP contribution >= 0.6 is 0 Å². The SMILES string of the molecule is Cn1nc(C(F)(F)F)cc1C(=O)N[C@H]1C[C@H](CC(C)(C)S(=O)(=O)c2cccc(C(F)(F)F)c2)C1. The monoisotopic (exact) mass is 511 g/mol. The van der Waals surface area contributed by atoms with Crippen LogP contribution in [-0.2, 0) is 29.2 Å². The Morgan fingerprint density at radius 1 is 1.09 bits per heavy atom. The van der Waals surface area contributed by atoms with Crippen LogP contribution in [0.25, 0.3) is 0 Å². The molecule has 1 N–H and O–H groups in total. The van der Waals surface area contributed by atoms with Crippen LogP contribution in [-0.4, -0.2) is 34.9 Å². The highest BCUT2D eigenvalue weighted by molar-refractivity contribution is 7.92. The van der Waals surface area contributed by atoms with Gasteiger partial charge in [0.15, 0.2) is 15.5 Å². The van der Waals surface area contributed by atoms with Gasteiger partial charge in [0.05, 0.1) is 15.2 Å². The predicted octanol–water partition coefficient (Wildman–Crippen LogP) is 4.61. The van der Waals surface area contributed by atoms with Crippen molar-refractivity contribution < 1.29 is 39.6 Å². The van der Waals surface area contributed by atoms with Gasteiger partial charge in [0.25, 0.3) is 5.91 Å². The highest BCUT2D eigenvalue weighted by Crippen LogP contribution is 2.40. The van der Waals surface area contributed by atoms with Gasteiger partial charge in [-0.2, -0.15) is 31.4 Å². The lowest BCUT2D eigenvalue weighted by molar-refractivity contribution is -0.141. The molecule has 0 bridgehead atoms. The van der Waals surface area contributed by atoms with Gasteiger partial charge in [-0.25, -0.2) is 8.42 Å². The minimum atomic E-state index is -4.69. The summed E-state index contributed by atoms with van der Waals surface area (Å²) < 4.78 is 103. The minimum absolute atomic E-state index is 0.141. The van der Waals surface area contributed by atoms with E-state index in [2.05, 4.69) is 10.4 Å². The van der Waals surface area contributed by atoms with Crippen molar-refractivity contribution in [2.24, 2.45) is 13.0 Å². The molecule has 13 heteroatoms. The van der Waals surface area contributed by atoms with Crippen molar-refractivity contribution >= 4 is 15.7 Å². The Balaban J connectivity index is 1.62. The summed E-state index contributed by atoms with van der Waals surface area (Å²) >= 11 is 0. The standard InChI is InChI=1S/C21H23F6N3O3S/c1-19(2,34(32,33)15-6-4-5-13(9-15)20(22,23)24)11-12-7-14(8-12)28-18(31)16-10-17(21(25,26)27)29-30(16)3/h4-6,9-10,12,14H,7-8,11H2,1-3H3,(H,28,31)/t12-,14-. The van der Waals surface area contributed by atoms with Crippen molar-refractivity contribution in [2.45, 2.75) is 61.1 Å². The number of aryl methyl sites for hydroxylation is 1. The molecule has 1 aliphatic rings. The summed E-state index contributed by atoms with van der Waals surface area (Å²) in [4.78, 5) is 11.9. The Morgan fingerprint density at radius 2 is 1.71 bits per heavy atom. The van der Waals surface area contributed by atoms with Crippen LogP contribution in [0.4, 0.5) is 26.3 Å². The first kappa shape index (κ1) is 26.0. The molecule has 0 aliphatic heterocycles. The van der Waals surface area contributed by atoms with E-state index in [9.17, 15) is 39.6 Å². The zero-order valence-corrected chi connectivity index (χ0v) is 19.3. The number of amides is 1. The fourth-order valence-corrected chi connectivity index (χ4v) is 5.69. The Morgan fingerprint density at radius 3 is 2.24 bits per heavy atom. The van der Waals surface area contributed by atoms with E-state index in [1.165, 1.54) is 20.9 Å². The molecule has 0 unspecified atom stereocenters. The summed E-state index contributed by atoms with van der Waals surface area (Å²) in [6, 6.07) is 3.86. The molecule has 6 nitrogen and oxygen atoms in total. The number of hydrogen-bond acceptors (Lipinski definition) is 4. The maximum atomic E-state index is 13.0. The molecule has 1 aromatic carbocycles. The van der Waals surface area contributed by atoms with Crippen LogP contribution < -0.4 is 5.32 Å². The van der Waals surface area contributed by atoms with Gasteiger partial charge in [-0.05, 0) is 57.2 Å². The lowest BCUT2D eigenvalue weighted by Crippen LogP contribution is -2.47. The predicted molar refractivity (Wildman–Crippen MR) is 110 cm³/mol. The van der Waals surface area contributed by atoms with Gasteiger partial charge in [0.2, 0.25) is 0 Å². The third-order valence-corrected chi connectivity index (χ3v) is 8.45. The van der Waals surface area contributed by atoms with Gasteiger partial charge in [-0.15, -0.1) is 0 Å². The van der Waals surface area contributed by atoms with E-state index < -0.39 is 49.0 Å². The smallest absolute Gasteiger partial charge is 0.348 e. The second-order valence-electron chi connectivity index (χ2n) is 9.04. The highest BCUT2D eigenvalue weighted by Gasteiger charge is 2.43. The van der Waals surface area contributed by atoms with Crippen LogP contribution in [0.5, 0.6) is 0 Å². The Kier molecular flexibility index (Phi) is 6.57. The zero-order chi connectivity index (χ0) is 25.7. The largest absolute Gasteiger partial charge is 0.435 e.